The van der Waals surface area contributed by atoms with E-state index < -0.39 is 0 Å². The van der Waals surface area contributed by atoms with Crippen LogP contribution in [0.25, 0.3) is 0 Å². The molecule has 0 aliphatic carbocycles. The SMILES string of the molecule is Cc1nc(COc2ccc(C(=O)N3CCCCC3C)cc2)no1. The zero-order chi connectivity index (χ0) is 16.2. The van der Waals surface area contributed by atoms with Crippen LogP contribution in [0.2, 0.25) is 0 Å². The van der Waals surface area contributed by atoms with E-state index in [1.165, 1.54) is 6.42 Å². The van der Waals surface area contributed by atoms with Crippen LogP contribution >= 0.6 is 0 Å². The highest BCUT2D eigenvalue weighted by atomic mass is 16.5. The summed E-state index contributed by atoms with van der Waals surface area (Å²) in [6.45, 7) is 4.93. The second kappa shape index (κ2) is 6.81. The summed E-state index contributed by atoms with van der Waals surface area (Å²) in [5.41, 5.74) is 0.696. The van der Waals surface area contributed by atoms with Gasteiger partial charge in [0, 0.05) is 25.1 Å². The van der Waals surface area contributed by atoms with E-state index >= 15 is 0 Å². The summed E-state index contributed by atoms with van der Waals surface area (Å²) in [7, 11) is 0. The molecule has 2 heterocycles. The van der Waals surface area contributed by atoms with Gasteiger partial charge in [0.1, 0.15) is 5.75 Å². The van der Waals surface area contributed by atoms with Crippen molar-refractivity contribution in [1.82, 2.24) is 15.0 Å². The molecular formula is C17H21N3O3. The summed E-state index contributed by atoms with van der Waals surface area (Å²) in [4.78, 5) is 18.6. The summed E-state index contributed by atoms with van der Waals surface area (Å²) in [5.74, 6) is 1.79. The van der Waals surface area contributed by atoms with Crippen LogP contribution in [0.4, 0.5) is 0 Å². The number of nitrogens with zero attached hydrogens (tertiary/aromatic N) is 3. The van der Waals surface area contributed by atoms with E-state index in [0.29, 0.717) is 29.1 Å². The van der Waals surface area contributed by atoms with Gasteiger partial charge in [-0.3, -0.25) is 4.79 Å². The first-order valence-corrected chi connectivity index (χ1v) is 7.96. The third-order valence-electron chi connectivity index (χ3n) is 4.10. The van der Waals surface area contributed by atoms with Crippen molar-refractivity contribution in [3.63, 3.8) is 0 Å². The highest BCUT2D eigenvalue weighted by Gasteiger charge is 2.24. The largest absolute Gasteiger partial charge is 0.485 e. The Hall–Kier alpha value is -2.37. The number of amides is 1. The molecule has 0 bridgehead atoms. The van der Waals surface area contributed by atoms with Crippen molar-refractivity contribution in [2.24, 2.45) is 0 Å². The molecule has 0 saturated carbocycles. The Morgan fingerprint density at radius 2 is 2.13 bits per heavy atom. The Kier molecular flexibility index (Phi) is 4.60. The van der Waals surface area contributed by atoms with Gasteiger partial charge in [0.25, 0.3) is 5.91 Å². The lowest BCUT2D eigenvalue weighted by molar-refractivity contribution is 0.0635. The molecule has 0 N–H and O–H groups in total. The number of aromatic nitrogens is 2. The first-order chi connectivity index (χ1) is 11.1. The molecule has 1 fully saturated rings. The average molecular weight is 315 g/mol. The fourth-order valence-corrected chi connectivity index (χ4v) is 2.81. The topological polar surface area (TPSA) is 68.5 Å². The minimum atomic E-state index is 0.0949. The maximum atomic E-state index is 12.6. The van der Waals surface area contributed by atoms with Crippen LogP contribution in [-0.4, -0.2) is 33.5 Å². The van der Waals surface area contributed by atoms with Crippen LogP contribution in [0.1, 0.15) is 48.3 Å². The lowest BCUT2D eigenvalue weighted by Gasteiger charge is -2.33. The lowest BCUT2D eigenvalue weighted by atomic mass is 10.0. The van der Waals surface area contributed by atoms with Gasteiger partial charge >= 0.3 is 0 Å². The number of rotatable bonds is 4. The van der Waals surface area contributed by atoms with E-state index in [-0.39, 0.29) is 12.5 Å². The summed E-state index contributed by atoms with van der Waals surface area (Å²) in [6.07, 6.45) is 3.37. The first-order valence-electron chi connectivity index (χ1n) is 7.96. The molecule has 1 aromatic heterocycles. The van der Waals surface area contributed by atoms with Gasteiger partial charge in [-0.25, -0.2) is 0 Å². The Morgan fingerprint density at radius 1 is 1.35 bits per heavy atom. The van der Waals surface area contributed by atoms with E-state index in [9.17, 15) is 4.79 Å². The van der Waals surface area contributed by atoms with Gasteiger partial charge in [-0.15, -0.1) is 0 Å². The van der Waals surface area contributed by atoms with Crippen molar-refractivity contribution in [2.75, 3.05) is 6.54 Å². The number of hydrogen-bond acceptors (Lipinski definition) is 5. The molecule has 0 spiro atoms. The summed E-state index contributed by atoms with van der Waals surface area (Å²) >= 11 is 0. The third kappa shape index (κ3) is 3.70. The van der Waals surface area contributed by atoms with Crippen LogP contribution in [0, 0.1) is 6.92 Å². The molecule has 2 aromatic rings. The van der Waals surface area contributed by atoms with Crippen LogP contribution in [0.3, 0.4) is 0 Å². The smallest absolute Gasteiger partial charge is 0.254 e. The van der Waals surface area contributed by atoms with E-state index in [2.05, 4.69) is 17.1 Å². The normalized spacial score (nSPS) is 18.0. The molecule has 6 heteroatoms. The number of likely N-dealkylation sites (tertiary alicyclic amines) is 1. The second-order valence-electron chi connectivity index (χ2n) is 5.89. The molecular weight excluding hydrogens is 294 g/mol. The zero-order valence-corrected chi connectivity index (χ0v) is 13.5. The third-order valence-corrected chi connectivity index (χ3v) is 4.10. The van der Waals surface area contributed by atoms with E-state index in [0.717, 1.165) is 19.4 Å². The second-order valence-corrected chi connectivity index (χ2v) is 5.89. The van der Waals surface area contributed by atoms with Gasteiger partial charge in [0.2, 0.25) is 11.7 Å². The predicted octanol–water partition coefficient (Wildman–Crippen LogP) is 2.97. The Morgan fingerprint density at radius 3 is 2.78 bits per heavy atom. The van der Waals surface area contributed by atoms with Crippen LogP contribution in [-0.2, 0) is 6.61 Å². The predicted molar refractivity (Wildman–Crippen MR) is 84.2 cm³/mol. The monoisotopic (exact) mass is 315 g/mol. The van der Waals surface area contributed by atoms with Gasteiger partial charge in [-0.1, -0.05) is 5.16 Å². The van der Waals surface area contributed by atoms with Gasteiger partial charge in [-0.2, -0.15) is 4.98 Å². The van der Waals surface area contributed by atoms with Crippen molar-refractivity contribution in [1.29, 1.82) is 0 Å². The minimum absolute atomic E-state index is 0.0949. The minimum Gasteiger partial charge on any atom is -0.485 e. The number of aryl methyl sites for hydroxylation is 1. The molecule has 3 rings (SSSR count). The molecule has 122 valence electrons. The number of ether oxygens (including phenoxy) is 1. The molecule has 1 aromatic carbocycles. The van der Waals surface area contributed by atoms with Gasteiger partial charge < -0.3 is 14.2 Å². The quantitative estimate of drug-likeness (QED) is 0.867. The van der Waals surface area contributed by atoms with E-state index in [1.807, 2.05) is 4.90 Å². The summed E-state index contributed by atoms with van der Waals surface area (Å²) in [6, 6.07) is 7.53. The first kappa shape index (κ1) is 15.5. The zero-order valence-electron chi connectivity index (χ0n) is 13.5. The molecule has 1 aliphatic rings. The number of hydrogen-bond donors (Lipinski definition) is 0. The van der Waals surface area contributed by atoms with Crippen molar-refractivity contribution < 1.29 is 14.1 Å². The van der Waals surface area contributed by atoms with Crippen molar-refractivity contribution in [3.8, 4) is 5.75 Å². The fraction of sp³-hybridized carbons (Fsp3) is 0.471. The number of carbonyl (C=O) groups excluding carboxylic acids is 1. The average Bonchev–Trinajstić information content (AvgIpc) is 2.99. The number of benzene rings is 1. The van der Waals surface area contributed by atoms with Crippen molar-refractivity contribution in [3.05, 3.63) is 41.5 Å². The van der Waals surface area contributed by atoms with Gasteiger partial charge in [0.15, 0.2) is 6.61 Å². The molecule has 1 atom stereocenters. The van der Waals surface area contributed by atoms with E-state index in [1.54, 1.807) is 31.2 Å². The molecule has 1 aliphatic heterocycles. The highest BCUT2D eigenvalue weighted by molar-refractivity contribution is 5.94. The van der Waals surface area contributed by atoms with Crippen LogP contribution in [0.5, 0.6) is 5.75 Å². The number of piperidine rings is 1. The maximum Gasteiger partial charge on any atom is 0.254 e. The maximum absolute atomic E-state index is 12.6. The van der Waals surface area contributed by atoms with E-state index in [4.69, 9.17) is 9.26 Å². The molecule has 1 unspecified atom stereocenters. The number of carbonyl (C=O) groups is 1. The van der Waals surface area contributed by atoms with Gasteiger partial charge in [-0.05, 0) is 50.5 Å². The van der Waals surface area contributed by atoms with Crippen LogP contribution < -0.4 is 4.74 Å². The summed E-state index contributed by atoms with van der Waals surface area (Å²) in [5, 5.41) is 3.77. The summed E-state index contributed by atoms with van der Waals surface area (Å²) < 4.78 is 10.5. The molecule has 1 saturated heterocycles. The van der Waals surface area contributed by atoms with Gasteiger partial charge in [0.05, 0.1) is 0 Å². The van der Waals surface area contributed by atoms with Crippen molar-refractivity contribution in [2.45, 2.75) is 45.8 Å². The Balaban J connectivity index is 1.61. The lowest BCUT2D eigenvalue weighted by Crippen LogP contribution is -2.41. The fourth-order valence-electron chi connectivity index (χ4n) is 2.81. The Bertz CT molecular complexity index is 666. The standard InChI is InChI=1S/C17H21N3O3/c1-12-5-3-4-10-20(12)17(21)14-6-8-15(9-7-14)22-11-16-18-13(2)23-19-16/h6-9,12H,3-5,10-11H2,1-2H3. The molecule has 6 nitrogen and oxygen atoms in total. The molecule has 0 radical (unpaired) electrons. The highest BCUT2D eigenvalue weighted by Crippen LogP contribution is 2.21. The van der Waals surface area contributed by atoms with Crippen molar-refractivity contribution >= 4 is 5.91 Å². The Labute approximate surface area is 135 Å². The molecule has 23 heavy (non-hydrogen) atoms. The van der Waals surface area contributed by atoms with Crippen LogP contribution in [0.15, 0.2) is 28.8 Å². The molecule has 1 amide bonds.